The van der Waals surface area contributed by atoms with Crippen molar-refractivity contribution in [2.45, 2.75) is 19.8 Å². The number of H-pyrrole nitrogens is 1. The summed E-state index contributed by atoms with van der Waals surface area (Å²) in [7, 11) is 0. The number of carbonyl (C=O) groups is 1. The van der Waals surface area contributed by atoms with Gasteiger partial charge >= 0.3 is 0 Å². The van der Waals surface area contributed by atoms with Crippen molar-refractivity contribution in [3.63, 3.8) is 0 Å². The van der Waals surface area contributed by atoms with E-state index in [9.17, 15) is 4.79 Å². The van der Waals surface area contributed by atoms with E-state index in [1.54, 1.807) is 0 Å². The molecular formula is C19H23ClN4O2. The third kappa shape index (κ3) is 4.97. The molecule has 0 aliphatic rings. The first-order valence-corrected chi connectivity index (χ1v) is 8.32. The molecule has 0 radical (unpaired) electrons. The van der Waals surface area contributed by atoms with E-state index in [1.807, 2.05) is 49.4 Å². The lowest BCUT2D eigenvalue weighted by Crippen LogP contribution is -2.13. The molecule has 0 saturated heterocycles. The number of fused-ring (bicyclic) bond motifs is 1. The average molecular weight is 375 g/mol. The zero-order chi connectivity index (χ0) is 17.6. The van der Waals surface area contributed by atoms with Crippen LogP contribution >= 0.6 is 12.4 Å². The molecule has 1 amide bonds. The van der Waals surface area contributed by atoms with Gasteiger partial charge in [-0.3, -0.25) is 4.79 Å². The molecule has 0 bridgehead atoms. The maximum atomic E-state index is 12.1. The number of aryl methyl sites for hydroxylation is 2. The van der Waals surface area contributed by atoms with E-state index in [-0.39, 0.29) is 18.3 Å². The second-order valence-corrected chi connectivity index (χ2v) is 5.86. The molecule has 1 heterocycles. The quantitative estimate of drug-likeness (QED) is 0.592. The number of carbonyl (C=O) groups excluding carboxylic acids is 1. The maximum Gasteiger partial charge on any atom is 0.224 e. The maximum absolute atomic E-state index is 12.1. The number of nitrogens with zero attached hydrogens (tertiary/aromatic N) is 1. The molecule has 0 atom stereocenters. The van der Waals surface area contributed by atoms with Gasteiger partial charge in [-0.1, -0.05) is 12.1 Å². The van der Waals surface area contributed by atoms with Crippen LogP contribution in [0.2, 0.25) is 0 Å². The van der Waals surface area contributed by atoms with Crippen molar-refractivity contribution in [1.29, 1.82) is 0 Å². The molecule has 138 valence electrons. The second-order valence-electron chi connectivity index (χ2n) is 5.86. The fourth-order valence-corrected chi connectivity index (χ4v) is 2.61. The standard InChI is InChI=1S/C19H22N4O2.ClH/c1-13-3-2-4-16-19(13)23-17(22-16)9-10-18(24)21-14-5-7-15(8-6-14)25-12-11-20;/h2-8H,9-12,20H2,1H3,(H,21,24)(H,22,23);1H. The molecule has 6 nitrogen and oxygen atoms in total. The SMILES string of the molecule is Cc1cccc2[nH]c(CCC(=O)Nc3ccc(OCCN)cc3)nc12.Cl. The Morgan fingerprint density at radius 1 is 1.23 bits per heavy atom. The van der Waals surface area contributed by atoms with Crippen molar-refractivity contribution in [2.75, 3.05) is 18.5 Å². The first-order chi connectivity index (χ1) is 12.2. The highest BCUT2D eigenvalue weighted by molar-refractivity contribution is 5.90. The Balaban J connectivity index is 0.00000243. The number of anilines is 1. The number of nitrogens with two attached hydrogens (primary N) is 1. The molecule has 26 heavy (non-hydrogen) atoms. The summed E-state index contributed by atoms with van der Waals surface area (Å²) in [5.74, 6) is 1.51. The zero-order valence-electron chi connectivity index (χ0n) is 14.6. The van der Waals surface area contributed by atoms with Crippen molar-refractivity contribution in [2.24, 2.45) is 5.73 Å². The molecule has 0 fully saturated rings. The van der Waals surface area contributed by atoms with E-state index in [1.165, 1.54) is 0 Å². The van der Waals surface area contributed by atoms with Crippen LogP contribution in [0.25, 0.3) is 11.0 Å². The van der Waals surface area contributed by atoms with Crippen molar-refractivity contribution in [3.05, 3.63) is 53.9 Å². The molecule has 0 aliphatic carbocycles. The number of rotatable bonds is 7. The minimum atomic E-state index is -0.0483. The van der Waals surface area contributed by atoms with Gasteiger partial charge in [0.2, 0.25) is 5.91 Å². The summed E-state index contributed by atoms with van der Waals surface area (Å²) >= 11 is 0. The number of para-hydroxylation sites is 1. The highest BCUT2D eigenvalue weighted by Gasteiger charge is 2.08. The minimum absolute atomic E-state index is 0. The number of nitrogens with one attached hydrogen (secondary N) is 2. The number of hydrogen-bond acceptors (Lipinski definition) is 4. The largest absolute Gasteiger partial charge is 0.492 e. The van der Waals surface area contributed by atoms with Crippen LogP contribution in [0.5, 0.6) is 5.75 Å². The Kier molecular flexibility index (Phi) is 7.00. The monoisotopic (exact) mass is 374 g/mol. The summed E-state index contributed by atoms with van der Waals surface area (Å²) in [6.07, 6.45) is 0.932. The predicted molar refractivity (Wildman–Crippen MR) is 106 cm³/mol. The molecule has 2 aromatic carbocycles. The Morgan fingerprint density at radius 3 is 2.69 bits per heavy atom. The van der Waals surface area contributed by atoms with Crippen molar-refractivity contribution >= 4 is 35.0 Å². The number of benzene rings is 2. The first kappa shape index (κ1) is 19.8. The molecule has 3 aromatic rings. The van der Waals surface area contributed by atoms with Gasteiger partial charge in [-0.2, -0.15) is 0 Å². The normalized spacial score (nSPS) is 10.4. The summed E-state index contributed by atoms with van der Waals surface area (Å²) in [5.41, 5.74) is 9.23. The van der Waals surface area contributed by atoms with Gasteiger partial charge < -0.3 is 20.8 Å². The molecular weight excluding hydrogens is 352 g/mol. The van der Waals surface area contributed by atoms with E-state index in [0.29, 0.717) is 26.0 Å². The number of aromatic nitrogens is 2. The molecule has 1 aromatic heterocycles. The number of aromatic amines is 1. The number of ether oxygens (including phenoxy) is 1. The van der Waals surface area contributed by atoms with Crippen LogP contribution < -0.4 is 15.8 Å². The third-order valence-electron chi connectivity index (χ3n) is 3.88. The first-order valence-electron chi connectivity index (χ1n) is 8.32. The lowest BCUT2D eigenvalue weighted by molar-refractivity contribution is -0.116. The van der Waals surface area contributed by atoms with Crippen LogP contribution in [0.1, 0.15) is 17.8 Å². The van der Waals surface area contributed by atoms with Crippen LogP contribution in [-0.4, -0.2) is 29.0 Å². The smallest absolute Gasteiger partial charge is 0.224 e. The predicted octanol–water partition coefficient (Wildman–Crippen LogP) is 3.20. The van der Waals surface area contributed by atoms with Crippen LogP contribution in [0.15, 0.2) is 42.5 Å². The molecule has 7 heteroatoms. The molecule has 4 N–H and O–H groups in total. The van der Waals surface area contributed by atoms with E-state index in [2.05, 4.69) is 15.3 Å². The van der Waals surface area contributed by atoms with Crippen LogP contribution in [0, 0.1) is 6.92 Å². The number of halogens is 1. The summed E-state index contributed by atoms with van der Waals surface area (Å²) in [4.78, 5) is 20.0. The van der Waals surface area contributed by atoms with E-state index in [0.717, 1.165) is 33.9 Å². The topological polar surface area (TPSA) is 93.0 Å². The number of imidazole rings is 1. The van der Waals surface area contributed by atoms with Crippen molar-refractivity contribution in [1.82, 2.24) is 9.97 Å². The van der Waals surface area contributed by atoms with Gasteiger partial charge in [-0.05, 0) is 42.8 Å². The van der Waals surface area contributed by atoms with E-state index >= 15 is 0 Å². The molecule has 0 saturated carbocycles. The Labute approximate surface area is 158 Å². The van der Waals surface area contributed by atoms with E-state index < -0.39 is 0 Å². The Bertz CT molecular complexity index is 862. The summed E-state index contributed by atoms with van der Waals surface area (Å²) in [6, 6.07) is 13.3. The molecule has 0 spiro atoms. The lowest BCUT2D eigenvalue weighted by atomic mass is 10.2. The Morgan fingerprint density at radius 2 is 2.00 bits per heavy atom. The Hall–Kier alpha value is -2.57. The van der Waals surface area contributed by atoms with E-state index in [4.69, 9.17) is 10.5 Å². The molecule has 3 rings (SSSR count). The van der Waals surface area contributed by atoms with Gasteiger partial charge in [0.05, 0.1) is 11.0 Å². The fraction of sp³-hybridized carbons (Fsp3) is 0.263. The van der Waals surface area contributed by atoms with Crippen LogP contribution in [0.3, 0.4) is 0 Å². The van der Waals surface area contributed by atoms with Crippen LogP contribution in [-0.2, 0) is 11.2 Å². The van der Waals surface area contributed by atoms with Gasteiger partial charge in [-0.25, -0.2) is 4.98 Å². The molecule has 0 unspecified atom stereocenters. The number of amides is 1. The van der Waals surface area contributed by atoms with Gasteiger partial charge in [0.15, 0.2) is 0 Å². The zero-order valence-corrected chi connectivity index (χ0v) is 15.4. The van der Waals surface area contributed by atoms with Gasteiger partial charge in [0, 0.05) is 25.1 Å². The molecule has 0 aliphatic heterocycles. The third-order valence-corrected chi connectivity index (χ3v) is 3.88. The highest BCUT2D eigenvalue weighted by Crippen LogP contribution is 2.17. The minimum Gasteiger partial charge on any atom is -0.492 e. The second kappa shape index (κ2) is 9.22. The number of hydrogen-bond donors (Lipinski definition) is 3. The lowest BCUT2D eigenvalue weighted by Gasteiger charge is -2.07. The van der Waals surface area contributed by atoms with Crippen LogP contribution in [0.4, 0.5) is 5.69 Å². The van der Waals surface area contributed by atoms with Crippen molar-refractivity contribution < 1.29 is 9.53 Å². The summed E-state index contributed by atoms with van der Waals surface area (Å²) < 4.78 is 5.41. The fourth-order valence-electron chi connectivity index (χ4n) is 2.61. The summed E-state index contributed by atoms with van der Waals surface area (Å²) in [6.45, 7) is 2.98. The summed E-state index contributed by atoms with van der Waals surface area (Å²) in [5, 5.41) is 2.88. The van der Waals surface area contributed by atoms with Gasteiger partial charge in [0.25, 0.3) is 0 Å². The van der Waals surface area contributed by atoms with Gasteiger partial charge in [0.1, 0.15) is 18.2 Å². The average Bonchev–Trinajstić information content (AvgIpc) is 3.04. The van der Waals surface area contributed by atoms with Gasteiger partial charge in [-0.15, -0.1) is 12.4 Å². The highest BCUT2D eigenvalue weighted by atomic mass is 35.5. The van der Waals surface area contributed by atoms with Crippen molar-refractivity contribution in [3.8, 4) is 5.75 Å².